The van der Waals surface area contributed by atoms with Crippen LogP contribution in [0.5, 0.6) is 11.5 Å². The maximum absolute atomic E-state index is 11.4. The molecule has 0 aromatic heterocycles. The van der Waals surface area contributed by atoms with Crippen LogP contribution >= 0.6 is 11.6 Å². The number of carbonyl (C=O) groups excluding carboxylic acids is 1. The zero-order valence-corrected chi connectivity index (χ0v) is 11.6. The Morgan fingerprint density at radius 3 is 2.65 bits per heavy atom. The molecule has 3 nitrogen and oxygen atoms in total. The topological polar surface area (TPSA) is 38.3 Å². The van der Waals surface area contributed by atoms with E-state index < -0.39 is 0 Å². The highest BCUT2D eigenvalue weighted by molar-refractivity contribution is 6.30. The van der Waals surface area contributed by atoms with E-state index in [-0.39, 0.29) is 11.8 Å². The van der Waals surface area contributed by atoms with Gasteiger partial charge in [0.2, 0.25) is 5.91 Å². The summed E-state index contributed by atoms with van der Waals surface area (Å²) < 4.78 is 5.91. The number of carbonyl (C=O) groups is 1. The normalized spacial score (nSPS) is 17.9. The van der Waals surface area contributed by atoms with Crippen LogP contribution in [0.15, 0.2) is 48.5 Å². The molecule has 1 aliphatic rings. The highest BCUT2D eigenvalue weighted by atomic mass is 35.5. The maximum atomic E-state index is 11.4. The first-order valence-corrected chi connectivity index (χ1v) is 6.89. The van der Waals surface area contributed by atoms with Crippen LogP contribution in [-0.2, 0) is 4.79 Å². The maximum Gasteiger partial charge on any atom is 0.220 e. The number of benzene rings is 2. The Hall–Kier alpha value is -2.00. The average Bonchev–Trinajstić information content (AvgIpc) is 2.86. The molecule has 0 bridgehead atoms. The fourth-order valence-corrected chi connectivity index (χ4v) is 2.54. The first-order valence-electron chi connectivity index (χ1n) is 6.51. The smallest absolute Gasteiger partial charge is 0.220 e. The number of hydrogen-bond acceptors (Lipinski definition) is 2. The fourth-order valence-electron chi connectivity index (χ4n) is 2.37. The van der Waals surface area contributed by atoms with Gasteiger partial charge in [0.25, 0.3) is 0 Å². The van der Waals surface area contributed by atoms with Crippen LogP contribution in [0.2, 0.25) is 5.02 Å². The monoisotopic (exact) mass is 287 g/mol. The highest BCUT2D eigenvalue weighted by Gasteiger charge is 2.26. The minimum absolute atomic E-state index is 0.0793. The Morgan fingerprint density at radius 1 is 1.15 bits per heavy atom. The molecule has 1 atom stereocenters. The van der Waals surface area contributed by atoms with Crippen molar-refractivity contribution in [3.63, 3.8) is 0 Å². The first kappa shape index (κ1) is 13.0. The molecule has 2 aromatic rings. The molecule has 0 saturated carbocycles. The van der Waals surface area contributed by atoms with Crippen molar-refractivity contribution in [2.24, 2.45) is 0 Å². The van der Waals surface area contributed by atoms with Gasteiger partial charge in [-0.25, -0.2) is 0 Å². The van der Waals surface area contributed by atoms with Gasteiger partial charge in [-0.15, -0.1) is 0 Å². The SMILES string of the molecule is O=C1C[C@H](c2ccc(Cl)cc2Oc2ccccc2)CN1. The van der Waals surface area contributed by atoms with Gasteiger partial charge in [-0.3, -0.25) is 4.79 Å². The summed E-state index contributed by atoms with van der Waals surface area (Å²) in [4.78, 5) is 11.4. The lowest BCUT2D eigenvalue weighted by Crippen LogP contribution is -2.13. The molecule has 102 valence electrons. The van der Waals surface area contributed by atoms with E-state index in [0.29, 0.717) is 23.7 Å². The molecule has 0 radical (unpaired) electrons. The molecule has 2 aromatic carbocycles. The molecular weight excluding hydrogens is 274 g/mol. The molecule has 1 fully saturated rings. The van der Waals surface area contributed by atoms with E-state index in [1.54, 1.807) is 6.07 Å². The van der Waals surface area contributed by atoms with Crippen molar-refractivity contribution in [3.05, 3.63) is 59.1 Å². The molecule has 1 aliphatic heterocycles. The van der Waals surface area contributed by atoms with E-state index in [4.69, 9.17) is 16.3 Å². The summed E-state index contributed by atoms with van der Waals surface area (Å²) in [6, 6.07) is 15.1. The van der Waals surface area contributed by atoms with E-state index in [1.165, 1.54) is 0 Å². The summed E-state index contributed by atoms with van der Waals surface area (Å²) in [5.74, 6) is 1.69. The third kappa shape index (κ3) is 2.78. The minimum atomic E-state index is 0.0793. The third-order valence-electron chi connectivity index (χ3n) is 3.36. The Kier molecular flexibility index (Phi) is 3.61. The summed E-state index contributed by atoms with van der Waals surface area (Å²) in [7, 11) is 0. The van der Waals surface area contributed by atoms with E-state index in [2.05, 4.69) is 5.32 Å². The standard InChI is InChI=1S/C16H14ClNO2/c17-12-6-7-14(11-8-16(19)18-10-11)15(9-12)20-13-4-2-1-3-5-13/h1-7,9,11H,8,10H2,(H,18,19)/t11-/m0/s1. The van der Waals surface area contributed by atoms with E-state index in [9.17, 15) is 4.79 Å². The van der Waals surface area contributed by atoms with Crippen molar-refractivity contribution in [2.75, 3.05) is 6.54 Å². The van der Waals surface area contributed by atoms with Gasteiger partial charge in [-0.2, -0.15) is 0 Å². The molecular formula is C16H14ClNO2. The van der Waals surface area contributed by atoms with Crippen LogP contribution in [-0.4, -0.2) is 12.5 Å². The molecule has 1 amide bonds. The average molecular weight is 288 g/mol. The van der Waals surface area contributed by atoms with Crippen LogP contribution in [0.25, 0.3) is 0 Å². The molecule has 3 rings (SSSR count). The number of para-hydroxylation sites is 1. The van der Waals surface area contributed by atoms with E-state index in [0.717, 1.165) is 11.3 Å². The zero-order chi connectivity index (χ0) is 13.9. The van der Waals surface area contributed by atoms with Gasteiger partial charge in [-0.1, -0.05) is 35.9 Å². The van der Waals surface area contributed by atoms with Crippen LogP contribution in [0, 0.1) is 0 Å². The second kappa shape index (κ2) is 5.55. The quantitative estimate of drug-likeness (QED) is 0.934. The number of amides is 1. The molecule has 20 heavy (non-hydrogen) atoms. The van der Waals surface area contributed by atoms with Crippen molar-refractivity contribution >= 4 is 17.5 Å². The Morgan fingerprint density at radius 2 is 1.95 bits per heavy atom. The Labute approximate surface area is 122 Å². The van der Waals surface area contributed by atoms with Gasteiger partial charge >= 0.3 is 0 Å². The van der Waals surface area contributed by atoms with Crippen LogP contribution in [0.1, 0.15) is 17.9 Å². The Bertz CT molecular complexity index is 628. The molecule has 1 N–H and O–H groups in total. The predicted molar refractivity (Wildman–Crippen MR) is 78.3 cm³/mol. The van der Waals surface area contributed by atoms with Crippen molar-refractivity contribution in [2.45, 2.75) is 12.3 Å². The van der Waals surface area contributed by atoms with Gasteiger partial charge in [0.15, 0.2) is 0 Å². The van der Waals surface area contributed by atoms with Gasteiger partial charge in [0.05, 0.1) is 0 Å². The largest absolute Gasteiger partial charge is 0.457 e. The highest BCUT2D eigenvalue weighted by Crippen LogP contribution is 2.35. The van der Waals surface area contributed by atoms with Crippen molar-refractivity contribution in [3.8, 4) is 11.5 Å². The number of nitrogens with one attached hydrogen (secondary N) is 1. The lowest BCUT2D eigenvalue weighted by atomic mass is 9.97. The molecule has 0 unspecified atom stereocenters. The zero-order valence-electron chi connectivity index (χ0n) is 10.8. The lowest BCUT2D eigenvalue weighted by molar-refractivity contribution is -0.119. The molecule has 4 heteroatoms. The van der Waals surface area contributed by atoms with Gasteiger partial charge in [0.1, 0.15) is 11.5 Å². The van der Waals surface area contributed by atoms with Crippen molar-refractivity contribution in [1.82, 2.24) is 5.32 Å². The van der Waals surface area contributed by atoms with Crippen LogP contribution < -0.4 is 10.1 Å². The van der Waals surface area contributed by atoms with Crippen LogP contribution in [0.4, 0.5) is 0 Å². The number of rotatable bonds is 3. The predicted octanol–water partition coefficient (Wildman–Crippen LogP) is 3.74. The third-order valence-corrected chi connectivity index (χ3v) is 3.60. The second-order valence-corrected chi connectivity index (χ2v) is 5.24. The van der Waals surface area contributed by atoms with Crippen molar-refractivity contribution < 1.29 is 9.53 Å². The summed E-state index contributed by atoms with van der Waals surface area (Å²) in [5, 5.41) is 3.47. The minimum Gasteiger partial charge on any atom is -0.457 e. The fraction of sp³-hybridized carbons (Fsp3) is 0.188. The van der Waals surface area contributed by atoms with Crippen LogP contribution in [0.3, 0.4) is 0 Å². The molecule has 1 saturated heterocycles. The molecule has 1 heterocycles. The van der Waals surface area contributed by atoms with E-state index >= 15 is 0 Å². The summed E-state index contributed by atoms with van der Waals surface area (Å²) in [6.07, 6.45) is 0.493. The van der Waals surface area contributed by atoms with E-state index in [1.807, 2.05) is 42.5 Å². The molecule has 0 spiro atoms. The van der Waals surface area contributed by atoms with Gasteiger partial charge < -0.3 is 10.1 Å². The molecule has 0 aliphatic carbocycles. The summed E-state index contributed by atoms with van der Waals surface area (Å²) in [5.41, 5.74) is 1.01. The Balaban J connectivity index is 1.92. The summed E-state index contributed by atoms with van der Waals surface area (Å²) in [6.45, 7) is 0.644. The van der Waals surface area contributed by atoms with Gasteiger partial charge in [-0.05, 0) is 24.3 Å². The number of ether oxygens (including phenoxy) is 1. The number of hydrogen-bond donors (Lipinski definition) is 1. The second-order valence-electron chi connectivity index (χ2n) is 4.80. The van der Waals surface area contributed by atoms with Gasteiger partial charge in [0, 0.05) is 29.5 Å². The van der Waals surface area contributed by atoms with Crippen molar-refractivity contribution in [1.29, 1.82) is 0 Å². The summed E-state index contributed by atoms with van der Waals surface area (Å²) >= 11 is 6.06. The lowest BCUT2D eigenvalue weighted by Gasteiger charge is -2.15. The number of halogens is 1. The first-order chi connectivity index (χ1) is 9.72.